The Labute approximate surface area is 216 Å². The third kappa shape index (κ3) is 30.5. The Morgan fingerprint density at radius 2 is 0.500 bits per heavy atom. The molecule has 0 bridgehead atoms. The molecule has 0 saturated carbocycles. The minimum atomic E-state index is 0. The molecule has 0 fully saturated rings. The van der Waals surface area contributed by atoms with Gasteiger partial charge in [0.15, 0.2) is 0 Å². The Hall–Kier alpha value is 2.29. The van der Waals surface area contributed by atoms with Gasteiger partial charge in [0.2, 0.25) is 0 Å². The van der Waals surface area contributed by atoms with Crippen molar-refractivity contribution in [3.8, 4) is 0 Å². The van der Waals surface area contributed by atoms with Gasteiger partial charge in [-0.3, -0.25) is 0 Å². The molecule has 0 spiro atoms. The molecule has 0 unspecified atom stereocenters. The molecule has 28 heavy (non-hydrogen) atoms. The van der Waals surface area contributed by atoms with Crippen LogP contribution in [0.2, 0.25) is 31.9 Å². The van der Waals surface area contributed by atoms with Gasteiger partial charge in [0.1, 0.15) is 0 Å². The third-order valence-electron chi connectivity index (χ3n) is 4.53. The summed E-state index contributed by atoms with van der Waals surface area (Å²) in [6.45, 7) is 13.9. The number of hydrogen-bond donors (Lipinski definition) is 0. The second-order valence-electron chi connectivity index (χ2n) is 7.39. The fourth-order valence-corrected chi connectivity index (χ4v) is 10.3. The summed E-state index contributed by atoms with van der Waals surface area (Å²) >= 11 is 0.0907. The molecule has 0 aromatic carbocycles. The normalized spacial score (nSPS) is 10.9. The van der Waals surface area contributed by atoms with E-state index in [1.807, 2.05) is 0 Å². The Kier molecular flexibility index (Phi) is 45.5. The van der Waals surface area contributed by atoms with E-state index in [0.29, 0.717) is 0 Å². The Morgan fingerprint density at radius 3 is 0.607 bits per heavy atom. The summed E-state index contributed by atoms with van der Waals surface area (Å²) < 4.78 is 0. The quantitative estimate of drug-likeness (QED) is 0.147. The molecule has 0 heterocycles. The van der Waals surface area contributed by atoms with E-state index in [4.69, 9.17) is 0 Å². The van der Waals surface area contributed by atoms with Crippen molar-refractivity contribution in [2.45, 2.75) is 151 Å². The monoisotopic (exact) mass is 558 g/mol. The molecule has 0 amide bonds. The Bertz CT molecular complexity index is 181. The summed E-state index contributed by atoms with van der Waals surface area (Å²) in [6, 6.07) is 0. The van der Waals surface area contributed by atoms with Crippen molar-refractivity contribution < 1.29 is 27.8 Å². The van der Waals surface area contributed by atoms with E-state index in [-0.39, 0.29) is 67.8 Å². The van der Waals surface area contributed by atoms with Gasteiger partial charge in [-0.05, 0) is 0 Å². The van der Waals surface area contributed by atoms with Crippen LogP contribution in [0, 0.1) is 0 Å². The van der Waals surface area contributed by atoms with Crippen LogP contribution in [0.3, 0.4) is 0 Å². The maximum atomic E-state index is 2.32. The molecule has 0 rings (SSSR count). The van der Waals surface area contributed by atoms with Crippen LogP contribution in [0.1, 0.15) is 119 Å². The van der Waals surface area contributed by atoms with Crippen molar-refractivity contribution in [1.29, 1.82) is 0 Å². The van der Waals surface area contributed by atoms with Crippen LogP contribution in [0.15, 0.2) is 0 Å². The van der Waals surface area contributed by atoms with Crippen LogP contribution in [0.5, 0.6) is 0 Å². The van der Waals surface area contributed by atoms with E-state index in [2.05, 4.69) is 41.5 Å². The molecule has 0 radical (unpaired) electrons. The summed E-state index contributed by atoms with van der Waals surface area (Å²) in [6.07, 6.45) is 17.3. The fourth-order valence-electron chi connectivity index (χ4n) is 2.50. The minimum Gasteiger partial charge on any atom is 0.316 e. The van der Waals surface area contributed by atoms with Crippen molar-refractivity contribution in [2.75, 3.05) is 0 Å². The summed E-state index contributed by atoms with van der Waals surface area (Å²) in [4.78, 5) is 0. The van der Waals surface area contributed by atoms with E-state index in [0.717, 1.165) is 0 Å². The van der Waals surface area contributed by atoms with Crippen molar-refractivity contribution >= 4 is 40.0 Å². The summed E-state index contributed by atoms with van der Waals surface area (Å²) in [5.41, 5.74) is 0. The van der Waals surface area contributed by atoms with Crippen LogP contribution >= 0.6 is 17.0 Å². The average molecular weight is 560 g/mol. The Balaban J connectivity index is -0.000000192. The molecule has 0 aliphatic rings. The summed E-state index contributed by atoms with van der Waals surface area (Å²) in [7, 11) is 0. The van der Waals surface area contributed by atoms with E-state index in [1.54, 1.807) is 31.9 Å². The maximum absolute atomic E-state index is 2.32. The number of halogens is 1. The van der Waals surface area contributed by atoms with Gasteiger partial charge >= 0.3 is 201 Å². The molecule has 0 aliphatic heterocycles. The van der Waals surface area contributed by atoms with Crippen LogP contribution in [0.25, 0.3) is 0 Å². The van der Waals surface area contributed by atoms with E-state index < -0.39 is 0 Å². The largest absolute Gasteiger partial charge is 0.316 e. The van der Waals surface area contributed by atoms with Crippen LogP contribution in [-0.4, -0.2) is 23.1 Å². The zero-order valence-electron chi connectivity index (χ0n) is 19.9. The van der Waals surface area contributed by atoms with Gasteiger partial charge in [0.25, 0.3) is 0 Å². The van der Waals surface area contributed by atoms with Crippen molar-refractivity contribution in [3.63, 3.8) is 0 Å². The van der Waals surface area contributed by atoms with Gasteiger partial charge < -0.3 is 0 Å². The standard InChI is InChI=1S/6C4H9.BrH.Mg.2Mn.2H/c6*1-3-4-2;;;;;;/h6*1,3-4H2,2H3;1H;;;;;. The molecule has 0 aromatic rings. The molecule has 4 heteroatoms. The van der Waals surface area contributed by atoms with Gasteiger partial charge in [-0.1, -0.05) is 0 Å². The molecular weight excluding hydrogens is 502 g/mol. The second-order valence-corrected chi connectivity index (χ2v) is 14.5. The maximum Gasteiger partial charge on any atom is 0.316 e. The van der Waals surface area contributed by atoms with Crippen molar-refractivity contribution in [2.24, 2.45) is 0 Å². The number of unbranched alkanes of at least 4 members (excludes halogenated alkanes) is 6. The average Bonchev–Trinajstić information content (AvgIpc) is 2.67. The zero-order valence-corrected chi connectivity index (χ0v) is 24.0. The smallest absolute Gasteiger partial charge is 0.316 e. The van der Waals surface area contributed by atoms with E-state index in [1.165, 1.54) is 77.0 Å². The number of hydrogen-bond acceptors (Lipinski definition) is 0. The van der Waals surface area contributed by atoms with Crippen molar-refractivity contribution in [1.82, 2.24) is 0 Å². The molecule has 0 aromatic heterocycles. The molecule has 0 N–H and O–H groups in total. The fraction of sp³-hybridized carbons (Fsp3) is 1.00. The molecule has 0 saturated heterocycles. The first-order valence-corrected chi connectivity index (χ1v) is 16.9. The summed E-state index contributed by atoms with van der Waals surface area (Å²) in [5.74, 6) is 0. The topological polar surface area (TPSA) is 0 Å². The number of rotatable bonds is 18. The van der Waals surface area contributed by atoms with E-state index in [9.17, 15) is 0 Å². The van der Waals surface area contributed by atoms with Crippen LogP contribution < -0.4 is 0 Å². The van der Waals surface area contributed by atoms with Gasteiger partial charge in [-0.25, -0.2) is 0 Å². The molecule has 0 aliphatic carbocycles. The predicted octanol–water partition coefficient (Wildman–Crippen LogP) is 10.2. The predicted molar refractivity (Wildman–Crippen MR) is 137 cm³/mol. The van der Waals surface area contributed by atoms with Crippen molar-refractivity contribution in [3.05, 3.63) is 0 Å². The third-order valence-corrected chi connectivity index (χ3v) is 12.0. The first-order valence-electron chi connectivity index (χ1n) is 11.8. The molecule has 176 valence electrons. The van der Waals surface area contributed by atoms with Gasteiger partial charge in [-0.15, -0.1) is 17.0 Å². The van der Waals surface area contributed by atoms with Gasteiger partial charge in [0, 0.05) is 0 Å². The first kappa shape index (κ1) is 37.6. The molecular formula is C24H57BrMgMn2. The van der Waals surface area contributed by atoms with Crippen LogP contribution in [-0.2, 0) is 27.8 Å². The van der Waals surface area contributed by atoms with Crippen LogP contribution in [0.4, 0.5) is 0 Å². The minimum absolute atomic E-state index is 0. The molecule has 0 atom stereocenters. The zero-order chi connectivity index (χ0) is 19.9. The summed E-state index contributed by atoms with van der Waals surface area (Å²) in [5, 5.41) is 9.52. The Morgan fingerprint density at radius 1 is 0.357 bits per heavy atom. The van der Waals surface area contributed by atoms with Gasteiger partial charge in [-0.2, -0.15) is 0 Å². The molecule has 0 nitrogen and oxygen atoms in total. The SMILES string of the molecule is Br.CCC[CH2][Mn]([CH2]CCC)[CH2]CCC.CCC[CH2][Mn]([CH2]CCC)[CH2]CCC.[MgH2]. The second kappa shape index (κ2) is 33.9. The first-order chi connectivity index (χ1) is 12.7. The van der Waals surface area contributed by atoms with Gasteiger partial charge in [0.05, 0.1) is 0 Å². The van der Waals surface area contributed by atoms with E-state index >= 15 is 0 Å².